The summed E-state index contributed by atoms with van der Waals surface area (Å²) in [7, 11) is -2.73. The highest BCUT2D eigenvalue weighted by Crippen LogP contribution is 2.38. The van der Waals surface area contributed by atoms with Gasteiger partial charge in [0.25, 0.3) is 10.9 Å². The molecule has 0 saturated carbocycles. The minimum Gasteiger partial charge on any atom is -0.504 e. The molecule has 3 N–H and O–H groups in total. The zero-order valence-electron chi connectivity index (χ0n) is 14.0. The van der Waals surface area contributed by atoms with Crippen LogP contribution in [0, 0.1) is 0 Å². The monoisotopic (exact) mass is 404 g/mol. The Labute approximate surface area is 154 Å². The molecule has 2 rings (SSSR count). The van der Waals surface area contributed by atoms with Gasteiger partial charge in [0.1, 0.15) is 10.6 Å². The number of anilines is 2. The number of rotatable bonds is 9. The van der Waals surface area contributed by atoms with E-state index in [1.807, 2.05) is 0 Å². The van der Waals surface area contributed by atoms with Gasteiger partial charge in [0, 0.05) is 13.7 Å². The largest absolute Gasteiger partial charge is 0.504 e. The molecular formula is C15H17ClN2O7S. The molecule has 0 unspecified atom stereocenters. The first-order chi connectivity index (χ1) is 12.2. The number of phenols is 1. The van der Waals surface area contributed by atoms with Crippen molar-refractivity contribution in [3.63, 3.8) is 0 Å². The molecule has 0 radical (unpaired) electrons. The van der Waals surface area contributed by atoms with Crippen molar-refractivity contribution < 1.29 is 23.0 Å². The van der Waals surface area contributed by atoms with Gasteiger partial charge in [-0.2, -0.15) is 0 Å². The molecule has 0 heterocycles. The second-order valence-electron chi connectivity index (χ2n) is 5.08. The van der Waals surface area contributed by atoms with Crippen LogP contribution in [-0.4, -0.2) is 40.4 Å². The summed E-state index contributed by atoms with van der Waals surface area (Å²) >= 11 is 5.92. The summed E-state index contributed by atoms with van der Waals surface area (Å²) in [5, 5.41) is 12.7. The van der Waals surface area contributed by atoms with Crippen molar-refractivity contribution in [2.45, 2.75) is 11.8 Å². The second-order valence-corrected chi connectivity index (χ2v) is 7.19. The summed E-state index contributed by atoms with van der Waals surface area (Å²) in [6.07, 6.45) is 0. The van der Waals surface area contributed by atoms with Crippen LogP contribution in [-0.2, 0) is 14.8 Å². The van der Waals surface area contributed by atoms with Crippen LogP contribution < -0.4 is 25.6 Å². The number of sulfonamides is 1. The van der Waals surface area contributed by atoms with Crippen LogP contribution in [0.5, 0.6) is 11.5 Å². The molecule has 2 aromatic rings. The number of hydrogen-bond donors (Lipinski definition) is 3. The molecule has 0 spiro atoms. The van der Waals surface area contributed by atoms with Crippen molar-refractivity contribution >= 4 is 33.0 Å². The zero-order chi connectivity index (χ0) is 19.5. The van der Waals surface area contributed by atoms with Crippen LogP contribution in [0.15, 0.2) is 26.6 Å². The standard InChI is InChI=1S/C15H17ClN2O7S/c1-3-25-14-10(12(20)13(14)21)18-9-5-4-8(16)15(11(9)19)26(22,23)17-6-7-24-2/h4-5,17-19H,3,6-7H2,1-2H3. The van der Waals surface area contributed by atoms with Crippen molar-refractivity contribution in [3.05, 3.63) is 37.6 Å². The van der Waals surface area contributed by atoms with E-state index >= 15 is 0 Å². The minimum absolute atomic E-state index is 0.0289. The highest BCUT2D eigenvalue weighted by atomic mass is 35.5. The molecule has 0 saturated heterocycles. The first-order valence-electron chi connectivity index (χ1n) is 7.47. The van der Waals surface area contributed by atoms with Crippen LogP contribution >= 0.6 is 11.6 Å². The Morgan fingerprint density at radius 1 is 1.23 bits per heavy atom. The third kappa shape index (κ3) is 3.83. The number of phenolic OH excluding ortho intramolecular Hbond substituents is 1. The van der Waals surface area contributed by atoms with E-state index in [0.29, 0.717) is 0 Å². The highest BCUT2D eigenvalue weighted by molar-refractivity contribution is 7.89. The molecule has 0 atom stereocenters. The third-order valence-corrected chi connectivity index (χ3v) is 5.33. The number of aromatic hydroxyl groups is 1. The Hall–Kier alpha value is -2.14. The zero-order valence-corrected chi connectivity index (χ0v) is 15.5. The molecule has 2 aromatic carbocycles. The number of halogens is 1. The van der Waals surface area contributed by atoms with E-state index in [2.05, 4.69) is 10.0 Å². The van der Waals surface area contributed by atoms with Crippen molar-refractivity contribution in [1.82, 2.24) is 4.72 Å². The smallest absolute Gasteiger partial charge is 0.272 e. The summed E-state index contributed by atoms with van der Waals surface area (Å²) < 4.78 is 36.8. The Morgan fingerprint density at radius 3 is 2.54 bits per heavy atom. The Bertz CT molecular complexity index is 981. The van der Waals surface area contributed by atoms with Crippen LogP contribution in [0.1, 0.15) is 6.92 Å². The molecule has 0 aliphatic carbocycles. The van der Waals surface area contributed by atoms with Gasteiger partial charge in [0.05, 0.1) is 23.9 Å². The van der Waals surface area contributed by atoms with E-state index in [1.165, 1.54) is 19.2 Å². The van der Waals surface area contributed by atoms with Crippen molar-refractivity contribution in [2.75, 3.05) is 32.2 Å². The summed E-state index contributed by atoms with van der Waals surface area (Å²) in [4.78, 5) is 22.6. The first kappa shape index (κ1) is 20.2. The summed E-state index contributed by atoms with van der Waals surface area (Å²) in [5.74, 6) is -0.868. The fourth-order valence-electron chi connectivity index (χ4n) is 2.15. The Morgan fingerprint density at radius 2 is 1.92 bits per heavy atom. The molecule has 26 heavy (non-hydrogen) atoms. The second kappa shape index (κ2) is 8.04. The van der Waals surface area contributed by atoms with Gasteiger partial charge >= 0.3 is 0 Å². The number of nitrogens with one attached hydrogen (secondary N) is 2. The summed E-state index contributed by atoms with van der Waals surface area (Å²) in [6, 6.07) is 2.51. The lowest BCUT2D eigenvalue weighted by Gasteiger charge is -2.16. The number of methoxy groups -OCH3 is 1. The van der Waals surface area contributed by atoms with Gasteiger partial charge in [0.2, 0.25) is 10.0 Å². The molecule has 0 aliphatic rings. The maximum Gasteiger partial charge on any atom is 0.272 e. The molecule has 0 amide bonds. The average Bonchev–Trinajstić information content (AvgIpc) is 2.59. The number of benzene rings is 1. The molecule has 0 aliphatic heterocycles. The number of hydrogen-bond acceptors (Lipinski definition) is 8. The third-order valence-electron chi connectivity index (χ3n) is 3.37. The lowest BCUT2D eigenvalue weighted by Crippen LogP contribution is -2.35. The van der Waals surface area contributed by atoms with Gasteiger partial charge < -0.3 is 19.9 Å². The van der Waals surface area contributed by atoms with Crippen molar-refractivity contribution in [2.24, 2.45) is 0 Å². The van der Waals surface area contributed by atoms with Gasteiger partial charge in [-0.3, -0.25) is 9.59 Å². The predicted octanol–water partition coefficient (Wildman–Crippen LogP) is 0.709. The molecule has 9 nitrogen and oxygen atoms in total. The lowest BCUT2D eigenvalue weighted by molar-refractivity contribution is 0.204. The van der Waals surface area contributed by atoms with Crippen molar-refractivity contribution in [3.8, 4) is 11.5 Å². The molecule has 0 aromatic heterocycles. The topological polar surface area (TPSA) is 131 Å². The molecule has 142 valence electrons. The van der Waals surface area contributed by atoms with Crippen LogP contribution in [0.4, 0.5) is 11.4 Å². The minimum atomic E-state index is -4.14. The quantitative estimate of drug-likeness (QED) is 0.316. The first-order valence-corrected chi connectivity index (χ1v) is 9.33. The van der Waals surface area contributed by atoms with Gasteiger partial charge in [-0.15, -0.1) is 0 Å². The van der Waals surface area contributed by atoms with Crippen molar-refractivity contribution in [1.29, 1.82) is 0 Å². The molecule has 0 fully saturated rings. The van der Waals surface area contributed by atoms with Gasteiger partial charge in [-0.1, -0.05) is 11.6 Å². The maximum atomic E-state index is 12.4. The number of ether oxygens (including phenoxy) is 2. The van der Waals surface area contributed by atoms with E-state index in [9.17, 15) is 23.1 Å². The van der Waals surface area contributed by atoms with E-state index < -0.39 is 31.5 Å². The van der Waals surface area contributed by atoms with Gasteiger partial charge in [0.15, 0.2) is 11.5 Å². The van der Waals surface area contributed by atoms with Gasteiger partial charge in [-0.25, -0.2) is 13.1 Å². The van der Waals surface area contributed by atoms with Crippen LogP contribution in [0.25, 0.3) is 0 Å². The van der Waals surface area contributed by atoms with Crippen LogP contribution in [0.3, 0.4) is 0 Å². The van der Waals surface area contributed by atoms with Gasteiger partial charge in [-0.05, 0) is 19.1 Å². The lowest BCUT2D eigenvalue weighted by atomic mass is 10.2. The summed E-state index contributed by atoms with van der Waals surface area (Å²) in [5.41, 5.74) is -1.90. The van der Waals surface area contributed by atoms with E-state index in [-0.39, 0.29) is 41.9 Å². The molecular weight excluding hydrogens is 388 g/mol. The SMILES string of the molecule is CCOc1c(Nc2ccc(Cl)c(S(=O)(=O)NCCOC)c2O)c(=O)c1=O. The Balaban J connectivity index is 2.40. The predicted molar refractivity (Wildman–Crippen MR) is 96.0 cm³/mol. The summed E-state index contributed by atoms with van der Waals surface area (Å²) in [6.45, 7) is 1.89. The van der Waals surface area contributed by atoms with E-state index in [4.69, 9.17) is 21.1 Å². The fraction of sp³-hybridized carbons (Fsp3) is 0.333. The normalized spacial score (nSPS) is 11.7. The van der Waals surface area contributed by atoms with E-state index in [0.717, 1.165) is 0 Å². The molecule has 0 bridgehead atoms. The van der Waals surface area contributed by atoms with E-state index in [1.54, 1.807) is 6.92 Å². The fourth-order valence-corrected chi connectivity index (χ4v) is 3.80. The highest BCUT2D eigenvalue weighted by Gasteiger charge is 2.27. The van der Waals surface area contributed by atoms with Crippen LogP contribution in [0.2, 0.25) is 5.02 Å². The molecule has 11 heteroatoms. The average molecular weight is 405 g/mol. The maximum absolute atomic E-state index is 12.4. The Kier molecular flexibility index (Phi) is 6.24.